The Balaban J connectivity index is 1.77. The van der Waals surface area contributed by atoms with Crippen molar-refractivity contribution < 1.29 is 9.21 Å². The second-order valence-corrected chi connectivity index (χ2v) is 6.16. The van der Waals surface area contributed by atoms with Crippen LogP contribution in [0.3, 0.4) is 0 Å². The quantitative estimate of drug-likeness (QED) is 0.943. The minimum Gasteiger partial charge on any atom is -0.459 e. The highest BCUT2D eigenvalue weighted by Gasteiger charge is 2.36. The van der Waals surface area contributed by atoms with E-state index in [0.717, 1.165) is 18.6 Å². The fourth-order valence-corrected chi connectivity index (χ4v) is 3.33. The number of carbonyl (C=O) groups excluding carboxylic acids is 1. The highest BCUT2D eigenvalue weighted by molar-refractivity contribution is 7.13. The van der Waals surface area contributed by atoms with Crippen LogP contribution in [0.2, 0.25) is 0 Å². The Morgan fingerprint density at radius 1 is 1.48 bits per heavy atom. The number of rotatable bonds is 3. The van der Waals surface area contributed by atoms with Crippen molar-refractivity contribution in [1.82, 2.24) is 10.3 Å². The number of nitrogens with zero attached hydrogens (tertiary/aromatic N) is 2. The molecule has 2 heterocycles. The fourth-order valence-electron chi connectivity index (χ4n) is 2.57. The van der Waals surface area contributed by atoms with E-state index in [1.807, 2.05) is 19.1 Å². The zero-order valence-corrected chi connectivity index (χ0v) is 12.5. The van der Waals surface area contributed by atoms with Crippen molar-refractivity contribution in [3.05, 3.63) is 29.0 Å². The molecular weight excluding hydrogens is 286 g/mol. The van der Waals surface area contributed by atoms with Crippen LogP contribution in [0.25, 0.3) is 10.8 Å². The number of nitrogens with one attached hydrogen (secondary N) is 1. The second kappa shape index (κ2) is 5.34. The SMILES string of the molecule is Cc1ccc(-c2nc(C(=O)NC3(C#N)CCCC3)cs2)o1. The molecule has 1 N–H and O–H groups in total. The van der Waals surface area contributed by atoms with Crippen molar-refractivity contribution in [1.29, 1.82) is 5.26 Å². The molecule has 0 bridgehead atoms. The number of aromatic nitrogens is 1. The second-order valence-electron chi connectivity index (χ2n) is 5.30. The molecule has 1 amide bonds. The number of hydrogen-bond acceptors (Lipinski definition) is 5. The van der Waals surface area contributed by atoms with Gasteiger partial charge in [-0.15, -0.1) is 11.3 Å². The first-order valence-corrected chi connectivity index (χ1v) is 7.76. The molecule has 21 heavy (non-hydrogen) atoms. The third-order valence-corrected chi connectivity index (χ3v) is 4.57. The number of nitriles is 1. The lowest BCUT2D eigenvalue weighted by molar-refractivity contribution is 0.0916. The van der Waals surface area contributed by atoms with Gasteiger partial charge in [0.15, 0.2) is 10.8 Å². The molecule has 0 aliphatic heterocycles. The van der Waals surface area contributed by atoms with Gasteiger partial charge >= 0.3 is 0 Å². The summed E-state index contributed by atoms with van der Waals surface area (Å²) >= 11 is 1.36. The van der Waals surface area contributed by atoms with Gasteiger partial charge in [-0.3, -0.25) is 4.79 Å². The van der Waals surface area contributed by atoms with Gasteiger partial charge in [0, 0.05) is 5.38 Å². The first-order valence-electron chi connectivity index (χ1n) is 6.88. The monoisotopic (exact) mass is 301 g/mol. The Hall–Kier alpha value is -2.13. The van der Waals surface area contributed by atoms with Crippen LogP contribution in [0.15, 0.2) is 21.9 Å². The Kier molecular flexibility index (Phi) is 3.52. The zero-order chi connectivity index (χ0) is 14.9. The van der Waals surface area contributed by atoms with Crippen molar-refractivity contribution in [3.8, 4) is 16.8 Å². The van der Waals surface area contributed by atoms with Gasteiger partial charge < -0.3 is 9.73 Å². The molecule has 6 heteroatoms. The number of furan rings is 1. The van der Waals surface area contributed by atoms with Crippen LogP contribution in [-0.4, -0.2) is 16.4 Å². The van der Waals surface area contributed by atoms with Crippen molar-refractivity contribution in [3.63, 3.8) is 0 Å². The van der Waals surface area contributed by atoms with Gasteiger partial charge in [0.25, 0.3) is 5.91 Å². The van der Waals surface area contributed by atoms with E-state index in [4.69, 9.17) is 4.42 Å². The van der Waals surface area contributed by atoms with Gasteiger partial charge in [0.1, 0.15) is 17.0 Å². The Bertz CT molecular complexity index is 705. The lowest BCUT2D eigenvalue weighted by atomic mass is 10.00. The van der Waals surface area contributed by atoms with Crippen LogP contribution in [0.5, 0.6) is 0 Å². The molecule has 0 spiro atoms. The van der Waals surface area contributed by atoms with E-state index in [-0.39, 0.29) is 5.91 Å². The minimum absolute atomic E-state index is 0.288. The molecule has 0 atom stereocenters. The zero-order valence-electron chi connectivity index (χ0n) is 11.7. The maximum Gasteiger partial charge on any atom is 0.272 e. The summed E-state index contributed by atoms with van der Waals surface area (Å²) in [7, 11) is 0. The summed E-state index contributed by atoms with van der Waals surface area (Å²) in [5, 5.41) is 14.5. The smallest absolute Gasteiger partial charge is 0.272 e. The van der Waals surface area contributed by atoms with Crippen molar-refractivity contribution in [2.45, 2.75) is 38.1 Å². The van der Waals surface area contributed by atoms with Gasteiger partial charge in [-0.1, -0.05) is 0 Å². The highest BCUT2D eigenvalue weighted by atomic mass is 32.1. The van der Waals surface area contributed by atoms with Crippen LogP contribution in [0, 0.1) is 18.3 Å². The summed E-state index contributed by atoms with van der Waals surface area (Å²) in [5.41, 5.74) is -0.382. The maximum atomic E-state index is 12.3. The molecule has 3 rings (SSSR count). The summed E-state index contributed by atoms with van der Waals surface area (Å²) < 4.78 is 5.50. The lowest BCUT2D eigenvalue weighted by Gasteiger charge is -2.21. The summed E-state index contributed by atoms with van der Waals surface area (Å²) in [6.07, 6.45) is 3.37. The average molecular weight is 301 g/mol. The van der Waals surface area contributed by atoms with E-state index in [2.05, 4.69) is 16.4 Å². The Morgan fingerprint density at radius 3 is 2.86 bits per heavy atom. The van der Waals surface area contributed by atoms with Crippen LogP contribution >= 0.6 is 11.3 Å². The summed E-state index contributed by atoms with van der Waals surface area (Å²) in [6, 6.07) is 5.94. The molecule has 1 fully saturated rings. The first-order chi connectivity index (χ1) is 10.1. The lowest BCUT2D eigenvalue weighted by Crippen LogP contribution is -2.45. The number of amides is 1. The molecule has 1 aliphatic carbocycles. The predicted octanol–water partition coefficient (Wildman–Crippen LogP) is 3.28. The van der Waals surface area contributed by atoms with Crippen molar-refractivity contribution >= 4 is 17.2 Å². The molecule has 0 saturated heterocycles. The van der Waals surface area contributed by atoms with Gasteiger partial charge in [0.2, 0.25) is 0 Å². The molecule has 5 nitrogen and oxygen atoms in total. The van der Waals surface area contributed by atoms with Crippen molar-refractivity contribution in [2.75, 3.05) is 0 Å². The van der Waals surface area contributed by atoms with E-state index < -0.39 is 5.54 Å². The molecule has 2 aromatic rings. The minimum atomic E-state index is -0.720. The van der Waals surface area contributed by atoms with E-state index in [1.54, 1.807) is 5.38 Å². The summed E-state index contributed by atoms with van der Waals surface area (Å²) in [6.45, 7) is 1.86. The largest absolute Gasteiger partial charge is 0.459 e. The molecule has 0 unspecified atom stereocenters. The Morgan fingerprint density at radius 2 is 2.24 bits per heavy atom. The van der Waals surface area contributed by atoms with E-state index in [1.165, 1.54) is 11.3 Å². The normalized spacial score (nSPS) is 16.6. The van der Waals surface area contributed by atoms with Crippen LogP contribution in [0.1, 0.15) is 41.9 Å². The maximum absolute atomic E-state index is 12.3. The molecule has 0 radical (unpaired) electrons. The third-order valence-electron chi connectivity index (χ3n) is 3.71. The van der Waals surface area contributed by atoms with E-state index in [0.29, 0.717) is 29.3 Å². The number of aryl methyl sites for hydroxylation is 1. The summed E-state index contributed by atoms with van der Waals surface area (Å²) in [4.78, 5) is 16.6. The van der Waals surface area contributed by atoms with Crippen LogP contribution in [-0.2, 0) is 0 Å². The first kappa shape index (κ1) is 13.8. The molecular formula is C15H15N3O2S. The molecule has 0 aromatic carbocycles. The Labute approximate surface area is 126 Å². The standard InChI is InChI=1S/C15H15N3O2S/c1-10-4-5-12(20-10)14-17-11(8-21-14)13(19)18-15(9-16)6-2-3-7-15/h4-5,8H,2-3,6-7H2,1H3,(H,18,19). The van der Waals surface area contributed by atoms with Gasteiger partial charge in [-0.05, 0) is 44.7 Å². The molecule has 1 aliphatic rings. The number of hydrogen-bond donors (Lipinski definition) is 1. The molecule has 1 saturated carbocycles. The number of thiazole rings is 1. The molecule has 108 valence electrons. The fraction of sp³-hybridized carbons (Fsp3) is 0.400. The predicted molar refractivity (Wildman–Crippen MR) is 78.8 cm³/mol. The average Bonchev–Trinajstić information content (AvgIpc) is 3.18. The number of carbonyl (C=O) groups is 1. The van der Waals surface area contributed by atoms with Crippen LogP contribution in [0.4, 0.5) is 0 Å². The van der Waals surface area contributed by atoms with Gasteiger partial charge in [0.05, 0.1) is 6.07 Å². The third kappa shape index (κ3) is 2.69. The topological polar surface area (TPSA) is 78.9 Å². The van der Waals surface area contributed by atoms with Gasteiger partial charge in [-0.2, -0.15) is 5.26 Å². The van der Waals surface area contributed by atoms with Gasteiger partial charge in [-0.25, -0.2) is 4.98 Å². The van der Waals surface area contributed by atoms with E-state index >= 15 is 0 Å². The van der Waals surface area contributed by atoms with Crippen LogP contribution < -0.4 is 5.32 Å². The van der Waals surface area contributed by atoms with Crippen molar-refractivity contribution in [2.24, 2.45) is 0 Å². The van der Waals surface area contributed by atoms with E-state index in [9.17, 15) is 10.1 Å². The highest BCUT2D eigenvalue weighted by Crippen LogP contribution is 2.30. The molecule has 2 aromatic heterocycles. The summed E-state index contributed by atoms with van der Waals surface area (Å²) in [5.74, 6) is 1.18.